The number of aliphatic hydroxyl groups is 1. The number of aliphatic hydroxyl groups excluding tert-OH is 1. The maximum Gasteiger partial charge on any atom is 0.0690 e. The average Bonchev–Trinajstić information content (AvgIpc) is 2.40. The molecule has 0 saturated heterocycles. The summed E-state index contributed by atoms with van der Waals surface area (Å²) in [6, 6.07) is 0.494. The summed E-state index contributed by atoms with van der Waals surface area (Å²) in [5, 5.41) is 23.3. The van der Waals surface area contributed by atoms with E-state index in [1.807, 2.05) is 20.8 Å². The van der Waals surface area contributed by atoms with Crippen LogP contribution in [0.2, 0.25) is 0 Å². The third kappa shape index (κ3) is 9.31. The van der Waals surface area contributed by atoms with E-state index in [1.165, 1.54) is 6.21 Å². The first-order chi connectivity index (χ1) is 9.03. The average molecular weight is 268 g/mol. The highest BCUT2D eigenvalue weighted by molar-refractivity contribution is 5.78. The lowest BCUT2D eigenvalue weighted by Gasteiger charge is -2.22. The molecule has 0 aromatic carbocycles. The molecule has 1 aliphatic carbocycles. The zero-order valence-electron chi connectivity index (χ0n) is 12.4. The maximum atomic E-state index is 8.67. The van der Waals surface area contributed by atoms with Gasteiger partial charge < -0.3 is 15.6 Å². The number of hydrogen-bond donors (Lipinski definition) is 3. The first-order valence-corrected chi connectivity index (χ1v) is 6.99. The smallest absolute Gasteiger partial charge is 0.0690 e. The predicted molar refractivity (Wildman–Crippen MR) is 80.5 cm³/mol. The summed E-state index contributed by atoms with van der Waals surface area (Å²) in [4.78, 5) is 0. The maximum absolute atomic E-state index is 8.67. The Kier molecular flexibility index (Phi) is 9.90. The number of hydrogen-bond acceptors (Lipinski definition) is 4. The van der Waals surface area contributed by atoms with Crippen molar-refractivity contribution in [1.82, 2.24) is 5.32 Å². The van der Waals surface area contributed by atoms with Gasteiger partial charge in [-0.15, -0.1) is 0 Å². The molecule has 0 amide bonds. The molecule has 0 spiro atoms. The van der Waals surface area contributed by atoms with E-state index >= 15 is 0 Å². The summed E-state index contributed by atoms with van der Waals surface area (Å²) in [6.45, 7) is 9.73. The zero-order chi connectivity index (χ0) is 14.7. The molecule has 19 heavy (non-hydrogen) atoms. The lowest BCUT2D eigenvalue weighted by molar-refractivity contribution is 0.166. The molecule has 4 heteroatoms. The van der Waals surface area contributed by atoms with Crippen molar-refractivity contribution < 1.29 is 10.3 Å². The van der Waals surface area contributed by atoms with Crippen molar-refractivity contribution in [2.45, 2.75) is 65.0 Å². The van der Waals surface area contributed by atoms with Crippen LogP contribution in [-0.4, -0.2) is 28.7 Å². The Hall–Kier alpha value is -1.29. The fraction of sp³-hybridized carbons (Fsp3) is 0.667. The van der Waals surface area contributed by atoms with Crippen LogP contribution in [0, 0.1) is 0 Å². The van der Waals surface area contributed by atoms with Crippen LogP contribution in [0.25, 0.3) is 0 Å². The molecule has 0 aromatic heterocycles. The van der Waals surface area contributed by atoms with Gasteiger partial charge in [0.05, 0.1) is 12.3 Å². The van der Waals surface area contributed by atoms with Crippen LogP contribution < -0.4 is 5.32 Å². The van der Waals surface area contributed by atoms with Crippen LogP contribution in [-0.2, 0) is 0 Å². The summed E-state index contributed by atoms with van der Waals surface area (Å²) >= 11 is 0. The molecule has 0 bridgehead atoms. The Morgan fingerprint density at radius 2 is 2.21 bits per heavy atom. The zero-order valence-corrected chi connectivity index (χ0v) is 12.4. The lowest BCUT2D eigenvalue weighted by atomic mass is 9.96. The number of nitrogens with zero attached hydrogens (tertiary/aromatic N) is 1. The lowest BCUT2D eigenvalue weighted by Crippen LogP contribution is -2.28. The molecule has 1 rings (SSSR count). The van der Waals surface area contributed by atoms with Gasteiger partial charge in [-0.05, 0) is 44.6 Å². The van der Waals surface area contributed by atoms with Gasteiger partial charge in [0.1, 0.15) is 0 Å². The Morgan fingerprint density at radius 3 is 2.53 bits per heavy atom. The van der Waals surface area contributed by atoms with E-state index in [0.29, 0.717) is 6.04 Å². The number of allylic oxidation sites excluding steroid dienone is 2. The standard InChI is InChI=1S/C10H16N2O.C5H12O/c1-8(2)12-10-5-3-9(4-6-10)7-11-13;1-3-5(6)4-2/h3,7,10,12-13H,1,4-6H2,2H3;5-6H,3-4H2,1-2H3/b11-7+;. The van der Waals surface area contributed by atoms with Crippen LogP contribution in [0.4, 0.5) is 0 Å². The van der Waals surface area contributed by atoms with Gasteiger partial charge in [0.25, 0.3) is 0 Å². The summed E-state index contributed by atoms with van der Waals surface area (Å²) in [7, 11) is 0. The highest BCUT2D eigenvalue weighted by Gasteiger charge is 2.12. The Labute approximate surface area is 116 Å². The van der Waals surface area contributed by atoms with Crippen molar-refractivity contribution in [1.29, 1.82) is 0 Å². The molecule has 0 aromatic rings. The molecule has 0 radical (unpaired) electrons. The normalized spacial score (nSPS) is 18.8. The molecule has 1 aliphatic rings. The number of nitrogens with one attached hydrogen (secondary N) is 1. The van der Waals surface area contributed by atoms with Crippen molar-refractivity contribution in [3.05, 3.63) is 23.9 Å². The van der Waals surface area contributed by atoms with E-state index in [4.69, 9.17) is 10.3 Å². The molecule has 1 atom stereocenters. The van der Waals surface area contributed by atoms with Gasteiger partial charge in [-0.2, -0.15) is 0 Å². The molecule has 4 nitrogen and oxygen atoms in total. The van der Waals surface area contributed by atoms with Crippen LogP contribution in [0.15, 0.2) is 29.1 Å². The molecule has 0 fully saturated rings. The molecule has 110 valence electrons. The minimum absolute atomic E-state index is 0.0648. The second kappa shape index (κ2) is 10.6. The third-order valence-corrected chi connectivity index (χ3v) is 3.06. The molecule has 3 N–H and O–H groups in total. The van der Waals surface area contributed by atoms with Crippen molar-refractivity contribution in [3.63, 3.8) is 0 Å². The molecule has 0 aliphatic heterocycles. The van der Waals surface area contributed by atoms with Crippen LogP contribution in [0.3, 0.4) is 0 Å². The minimum Gasteiger partial charge on any atom is -0.411 e. The SMILES string of the molecule is C=C(C)NC1CC=C(/C=N/O)CC1.CCC(O)CC. The summed E-state index contributed by atoms with van der Waals surface area (Å²) in [5.74, 6) is 0. The van der Waals surface area contributed by atoms with Crippen molar-refractivity contribution >= 4 is 6.21 Å². The van der Waals surface area contributed by atoms with E-state index in [1.54, 1.807) is 0 Å². The molecular weight excluding hydrogens is 240 g/mol. The summed E-state index contributed by atoms with van der Waals surface area (Å²) in [6.07, 6.45) is 8.34. The Bertz CT molecular complexity index is 307. The Balaban J connectivity index is 0.000000459. The summed E-state index contributed by atoms with van der Waals surface area (Å²) < 4.78 is 0. The molecule has 0 heterocycles. The van der Waals surface area contributed by atoms with Crippen LogP contribution >= 0.6 is 0 Å². The van der Waals surface area contributed by atoms with Crippen LogP contribution in [0.5, 0.6) is 0 Å². The second-order valence-corrected chi connectivity index (χ2v) is 4.89. The first kappa shape index (κ1) is 17.7. The fourth-order valence-corrected chi connectivity index (χ4v) is 1.81. The number of oxime groups is 1. The topological polar surface area (TPSA) is 64.9 Å². The third-order valence-electron chi connectivity index (χ3n) is 3.06. The van der Waals surface area contributed by atoms with Gasteiger partial charge in [0, 0.05) is 11.7 Å². The monoisotopic (exact) mass is 268 g/mol. The largest absolute Gasteiger partial charge is 0.411 e. The van der Waals surface area contributed by atoms with E-state index in [-0.39, 0.29) is 6.10 Å². The first-order valence-electron chi connectivity index (χ1n) is 6.99. The predicted octanol–water partition coefficient (Wildman–Crippen LogP) is 3.22. The quantitative estimate of drug-likeness (QED) is 0.407. The highest BCUT2D eigenvalue weighted by Crippen LogP contribution is 2.17. The fourth-order valence-electron chi connectivity index (χ4n) is 1.81. The van der Waals surface area contributed by atoms with E-state index < -0.39 is 0 Å². The minimum atomic E-state index is -0.0648. The van der Waals surface area contributed by atoms with E-state index in [2.05, 4.69) is 23.1 Å². The van der Waals surface area contributed by atoms with Gasteiger partial charge in [0.15, 0.2) is 0 Å². The van der Waals surface area contributed by atoms with Crippen molar-refractivity contribution in [2.24, 2.45) is 5.16 Å². The van der Waals surface area contributed by atoms with E-state index in [9.17, 15) is 0 Å². The number of rotatable bonds is 5. The second-order valence-electron chi connectivity index (χ2n) is 4.89. The van der Waals surface area contributed by atoms with Gasteiger partial charge >= 0.3 is 0 Å². The Morgan fingerprint density at radius 1 is 1.58 bits per heavy atom. The molecule has 1 unspecified atom stereocenters. The van der Waals surface area contributed by atoms with Gasteiger partial charge in [-0.3, -0.25) is 0 Å². The van der Waals surface area contributed by atoms with E-state index in [0.717, 1.165) is 43.4 Å². The molecule has 0 saturated carbocycles. The molecular formula is C15H28N2O2. The van der Waals surface area contributed by atoms with Crippen molar-refractivity contribution in [2.75, 3.05) is 0 Å². The van der Waals surface area contributed by atoms with Gasteiger partial charge in [-0.1, -0.05) is 31.7 Å². The van der Waals surface area contributed by atoms with Gasteiger partial charge in [0.2, 0.25) is 0 Å². The van der Waals surface area contributed by atoms with Crippen molar-refractivity contribution in [3.8, 4) is 0 Å². The van der Waals surface area contributed by atoms with Gasteiger partial charge in [-0.25, -0.2) is 0 Å². The highest BCUT2D eigenvalue weighted by atomic mass is 16.4. The van der Waals surface area contributed by atoms with Crippen LogP contribution in [0.1, 0.15) is 52.9 Å². The summed E-state index contributed by atoms with van der Waals surface area (Å²) in [5.41, 5.74) is 2.12.